The van der Waals surface area contributed by atoms with Gasteiger partial charge >= 0.3 is 0 Å². The number of nitrogens with zero attached hydrogens (tertiary/aromatic N) is 4. The molecule has 4 aromatic heterocycles. The Labute approximate surface area is 336 Å². The molecule has 0 bridgehead atoms. The van der Waals surface area contributed by atoms with Gasteiger partial charge in [0.15, 0.2) is 17.5 Å². The average molecular weight is 759 g/mol. The van der Waals surface area contributed by atoms with Crippen LogP contribution < -0.4 is 0 Å². The van der Waals surface area contributed by atoms with Gasteiger partial charge < -0.3 is 4.42 Å². The third kappa shape index (κ3) is 5.16. The second-order valence-corrected chi connectivity index (χ2v) is 15.6. The SMILES string of the molecule is c1ccc(-c2nc(-c3ccc(-c4ccc(-c5nc6ccccc6c6c5sc5ccccc56)cc4)c4ccccc34)nc(-c3cccc4c3oc3ccccc34)n2)cc1. The highest BCUT2D eigenvalue weighted by Gasteiger charge is 2.20. The highest BCUT2D eigenvalue weighted by molar-refractivity contribution is 7.26. The molecule has 0 unspecified atom stereocenters. The van der Waals surface area contributed by atoms with Crippen LogP contribution in [0, 0.1) is 0 Å². The van der Waals surface area contributed by atoms with Crippen LogP contribution in [0.5, 0.6) is 0 Å². The standard InChI is InChI=1S/C52H30N4OS/c1-2-13-33(14-3-1)50-54-51(56-52(55-50)42-21-12-20-38-37-17-7-10-23-44(37)57-48(38)42)39-30-29-34(35-15-4-5-16-36(35)39)31-25-27-32(28-26-31)47-49-46(40-18-6-9-22-43(40)53-47)41-19-8-11-24-45(41)58-49/h1-30H. The fourth-order valence-corrected chi connectivity index (χ4v) is 9.67. The Morgan fingerprint density at radius 1 is 0.362 bits per heavy atom. The molecule has 4 heterocycles. The Balaban J connectivity index is 0.998. The first-order valence-corrected chi connectivity index (χ1v) is 20.1. The van der Waals surface area contributed by atoms with E-state index in [9.17, 15) is 0 Å². The smallest absolute Gasteiger partial charge is 0.167 e. The van der Waals surface area contributed by atoms with Crippen LogP contribution in [-0.4, -0.2) is 19.9 Å². The molecule has 8 aromatic carbocycles. The molecule has 12 aromatic rings. The normalized spacial score (nSPS) is 11.8. The second kappa shape index (κ2) is 13.0. The first-order chi connectivity index (χ1) is 28.7. The maximum Gasteiger partial charge on any atom is 0.167 e. The van der Waals surface area contributed by atoms with Crippen LogP contribution in [0.25, 0.3) is 120 Å². The van der Waals surface area contributed by atoms with Gasteiger partial charge in [-0.05, 0) is 52.2 Å². The van der Waals surface area contributed by atoms with Gasteiger partial charge in [0.2, 0.25) is 0 Å². The molecule has 0 fully saturated rings. The molecule has 0 atom stereocenters. The van der Waals surface area contributed by atoms with Crippen molar-refractivity contribution in [3.05, 3.63) is 182 Å². The molecule has 6 heteroatoms. The molecule has 0 aliphatic rings. The molecular formula is C52H30N4OS. The van der Waals surface area contributed by atoms with Crippen molar-refractivity contribution in [3.8, 4) is 56.5 Å². The van der Waals surface area contributed by atoms with Crippen LogP contribution in [0.15, 0.2) is 186 Å². The molecule has 12 rings (SSSR count). The molecule has 0 aliphatic heterocycles. The van der Waals surface area contributed by atoms with Crippen molar-refractivity contribution in [1.29, 1.82) is 0 Å². The van der Waals surface area contributed by atoms with Crippen LogP contribution in [0.3, 0.4) is 0 Å². The molecule has 0 spiro atoms. The van der Waals surface area contributed by atoms with Crippen molar-refractivity contribution in [1.82, 2.24) is 19.9 Å². The van der Waals surface area contributed by atoms with Gasteiger partial charge in [-0.25, -0.2) is 19.9 Å². The predicted molar refractivity (Wildman–Crippen MR) is 240 cm³/mol. The molecule has 270 valence electrons. The number of hydrogen-bond acceptors (Lipinski definition) is 6. The molecular weight excluding hydrogens is 729 g/mol. The van der Waals surface area contributed by atoms with Crippen LogP contribution in [0.1, 0.15) is 0 Å². The summed E-state index contributed by atoms with van der Waals surface area (Å²) >= 11 is 1.82. The topological polar surface area (TPSA) is 64.7 Å². The molecule has 58 heavy (non-hydrogen) atoms. The number of rotatable bonds is 5. The maximum absolute atomic E-state index is 6.45. The second-order valence-electron chi connectivity index (χ2n) is 14.5. The lowest BCUT2D eigenvalue weighted by Crippen LogP contribution is -2.01. The minimum Gasteiger partial charge on any atom is -0.455 e. The van der Waals surface area contributed by atoms with Gasteiger partial charge in [-0.15, -0.1) is 11.3 Å². The zero-order valence-corrected chi connectivity index (χ0v) is 31.7. The Kier molecular flexibility index (Phi) is 7.33. The number of fused-ring (bicyclic) bond motifs is 9. The number of benzene rings is 8. The van der Waals surface area contributed by atoms with E-state index in [0.29, 0.717) is 17.5 Å². The Morgan fingerprint density at radius 2 is 0.966 bits per heavy atom. The van der Waals surface area contributed by atoms with Crippen molar-refractivity contribution in [3.63, 3.8) is 0 Å². The zero-order valence-electron chi connectivity index (χ0n) is 30.9. The number of pyridine rings is 1. The Bertz CT molecular complexity index is 3570. The van der Waals surface area contributed by atoms with Crippen LogP contribution in [0.2, 0.25) is 0 Å². The van der Waals surface area contributed by atoms with E-state index in [0.717, 1.165) is 77.3 Å². The summed E-state index contributed by atoms with van der Waals surface area (Å²) < 4.78 is 8.94. The first-order valence-electron chi connectivity index (χ1n) is 19.3. The van der Waals surface area contributed by atoms with Gasteiger partial charge in [0.25, 0.3) is 0 Å². The minimum absolute atomic E-state index is 0.562. The summed E-state index contributed by atoms with van der Waals surface area (Å²) in [6.45, 7) is 0. The van der Waals surface area contributed by atoms with Gasteiger partial charge in [-0.2, -0.15) is 0 Å². The molecule has 0 saturated heterocycles. The number of furan rings is 1. The summed E-state index contributed by atoms with van der Waals surface area (Å²) in [6.07, 6.45) is 0. The minimum atomic E-state index is 0.562. The average Bonchev–Trinajstić information content (AvgIpc) is 3.88. The van der Waals surface area contributed by atoms with E-state index in [1.54, 1.807) is 0 Å². The van der Waals surface area contributed by atoms with Crippen LogP contribution in [0.4, 0.5) is 0 Å². The Morgan fingerprint density at radius 3 is 1.79 bits per heavy atom. The molecule has 0 aliphatic carbocycles. The van der Waals surface area contributed by atoms with Crippen molar-refractivity contribution in [2.75, 3.05) is 0 Å². The van der Waals surface area contributed by atoms with E-state index in [1.165, 1.54) is 25.6 Å². The van der Waals surface area contributed by atoms with Crippen molar-refractivity contribution in [2.45, 2.75) is 0 Å². The van der Waals surface area contributed by atoms with E-state index in [1.807, 2.05) is 72.0 Å². The fourth-order valence-electron chi connectivity index (χ4n) is 8.44. The molecule has 0 N–H and O–H groups in total. The van der Waals surface area contributed by atoms with E-state index >= 15 is 0 Å². The summed E-state index contributed by atoms with van der Waals surface area (Å²) in [4.78, 5) is 20.6. The van der Waals surface area contributed by atoms with E-state index in [-0.39, 0.29) is 0 Å². The number of aromatic nitrogens is 4. The van der Waals surface area contributed by atoms with Crippen LogP contribution >= 0.6 is 11.3 Å². The van der Waals surface area contributed by atoms with Gasteiger partial charge in [-0.3, -0.25) is 0 Å². The van der Waals surface area contributed by atoms with Crippen LogP contribution in [-0.2, 0) is 0 Å². The van der Waals surface area contributed by atoms with E-state index < -0.39 is 0 Å². The summed E-state index contributed by atoms with van der Waals surface area (Å²) in [5.41, 5.74) is 9.63. The van der Waals surface area contributed by atoms with Crippen molar-refractivity contribution < 1.29 is 4.42 Å². The summed E-state index contributed by atoms with van der Waals surface area (Å²) in [5, 5.41) is 8.01. The fraction of sp³-hybridized carbons (Fsp3) is 0. The third-order valence-corrected chi connectivity index (χ3v) is 12.3. The third-order valence-electron chi connectivity index (χ3n) is 11.2. The maximum atomic E-state index is 6.45. The lowest BCUT2D eigenvalue weighted by atomic mass is 9.93. The van der Waals surface area contributed by atoms with Crippen molar-refractivity contribution >= 4 is 75.1 Å². The quantitative estimate of drug-likeness (QED) is 0.175. The Hall–Kier alpha value is -7.54. The van der Waals surface area contributed by atoms with Gasteiger partial charge in [0.1, 0.15) is 11.2 Å². The molecule has 0 radical (unpaired) electrons. The van der Waals surface area contributed by atoms with Gasteiger partial charge in [0, 0.05) is 48.3 Å². The molecule has 0 amide bonds. The van der Waals surface area contributed by atoms with E-state index in [2.05, 4.69) is 121 Å². The lowest BCUT2D eigenvalue weighted by molar-refractivity contribution is 0.669. The zero-order chi connectivity index (χ0) is 38.2. The number of hydrogen-bond donors (Lipinski definition) is 0. The predicted octanol–water partition coefficient (Wildman–Crippen LogP) is 14.2. The molecule has 0 saturated carbocycles. The van der Waals surface area contributed by atoms with E-state index in [4.69, 9.17) is 24.4 Å². The number of thiophene rings is 1. The monoisotopic (exact) mass is 758 g/mol. The van der Waals surface area contributed by atoms with Crippen molar-refractivity contribution in [2.24, 2.45) is 0 Å². The summed E-state index contributed by atoms with van der Waals surface area (Å²) in [5.74, 6) is 1.77. The van der Waals surface area contributed by atoms with Gasteiger partial charge in [-0.1, -0.05) is 152 Å². The highest BCUT2D eigenvalue weighted by Crippen LogP contribution is 2.44. The number of para-hydroxylation sites is 3. The summed E-state index contributed by atoms with van der Waals surface area (Å²) in [6, 6.07) is 63.2. The first kappa shape index (κ1) is 32.7. The largest absolute Gasteiger partial charge is 0.455 e. The lowest BCUT2D eigenvalue weighted by Gasteiger charge is -2.14. The summed E-state index contributed by atoms with van der Waals surface area (Å²) in [7, 11) is 0. The highest BCUT2D eigenvalue weighted by atomic mass is 32.1. The van der Waals surface area contributed by atoms with Gasteiger partial charge in [0.05, 0.1) is 21.5 Å². The molecule has 5 nitrogen and oxygen atoms in total.